The number of nitrogens with zero attached hydrogens (tertiary/aromatic N) is 2. The molecule has 18 heavy (non-hydrogen) atoms. The molecule has 100 valence electrons. The van der Waals surface area contributed by atoms with Gasteiger partial charge in [0.1, 0.15) is 4.60 Å². The first kappa shape index (κ1) is 13.5. The van der Waals surface area contributed by atoms with Crippen LogP contribution in [0, 0.1) is 0 Å². The van der Waals surface area contributed by atoms with Gasteiger partial charge in [-0.2, -0.15) is 0 Å². The van der Waals surface area contributed by atoms with Gasteiger partial charge in [0, 0.05) is 12.6 Å². The lowest BCUT2D eigenvalue weighted by Crippen LogP contribution is -2.29. The molecule has 0 aromatic carbocycles. The topological polar surface area (TPSA) is 70.1 Å². The van der Waals surface area contributed by atoms with Crippen LogP contribution in [0.4, 0.5) is 11.6 Å². The first-order valence-corrected chi connectivity index (χ1v) is 7.19. The van der Waals surface area contributed by atoms with Crippen molar-refractivity contribution in [2.24, 2.45) is 0 Å². The maximum atomic E-state index is 9.50. The van der Waals surface area contributed by atoms with Crippen molar-refractivity contribution >= 4 is 27.6 Å². The van der Waals surface area contributed by atoms with E-state index in [9.17, 15) is 5.11 Å². The number of nitrogens with one attached hydrogen (secondary N) is 2. The van der Waals surface area contributed by atoms with E-state index >= 15 is 0 Å². The largest absolute Gasteiger partial charge is 0.393 e. The highest BCUT2D eigenvalue weighted by Crippen LogP contribution is 2.25. The second kappa shape index (κ2) is 6.33. The fourth-order valence-electron chi connectivity index (χ4n) is 2.18. The SMILES string of the molecule is CCNc1ncc(Br)nc1N[C@H]1CC[C@H](O)CC1. The van der Waals surface area contributed by atoms with E-state index in [0.717, 1.165) is 48.5 Å². The zero-order valence-corrected chi connectivity index (χ0v) is 12.1. The van der Waals surface area contributed by atoms with Crippen LogP contribution in [0.15, 0.2) is 10.8 Å². The summed E-state index contributed by atoms with van der Waals surface area (Å²) in [5.41, 5.74) is 0. The smallest absolute Gasteiger partial charge is 0.170 e. The molecule has 0 bridgehead atoms. The number of anilines is 2. The summed E-state index contributed by atoms with van der Waals surface area (Å²) < 4.78 is 0.725. The Hall–Kier alpha value is -0.880. The number of halogens is 1. The standard InChI is InChI=1S/C12H19BrN4O/c1-2-14-11-12(17-10(13)7-15-11)16-8-3-5-9(18)6-4-8/h7-9,18H,2-6H2,1H3,(H,14,15)(H,16,17)/t8-,9-. The molecule has 5 nitrogen and oxygen atoms in total. The van der Waals surface area contributed by atoms with Crippen LogP contribution in [0.2, 0.25) is 0 Å². The lowest BCUT2D eigenvalue weighted by atomic mass is 9.93. The minimum absolute atomic E-state index is 0.134. The average Bonchev–Trinajstić information content (AvgIpc) is 2.36. The molecule has 3 N–H and O–H groups in total. The second-order valence-electron chi connectivity index (χ2n) is 4.57. The van der Waals surface area contributed by atoms with Gasteiger partial charge in [0.15, 0.2) is 11.6 Å². The van der Waals surface area contributed by atoms with Crippen LogP contribution >= 0.6 is 15.9 Å². The lowest BCUT2D eigenvalue weighted by molar-refractivity contribution is 0.126. The Bertz CT molecular complexity index is 394. The summed E-state index contributed by atoms with van der Waals surface area (Å²) in [6.45, 7) is 2.85. The maximum Gasteiger partial charge on any atom is 0.170 e. The molecule has 6 heteroatoms. The monoisotopic (exact) mass is 314 g/mol. The summed E-state index contributed by atoms with van der Waals surface area (Å²) in [5.74, 6) is 1.57. The Balaban J connectivity index is 2.05. The summed E-state index contributed by atoms with van der Waals surface area (Å²) in [4.78, 5) is 8.74. The van der Waals surface area contributed by atoms with Crippen molar-refractivity contribution in [1.82, 2.24) is 9.97 Å². The van der Waals surface area contributed by atoms with Crippen LogP contribution in [0.3, 0.4) is 0 Å². The third-order valence-corrected chi connectivity index (χ3v) is 3.51. The van der Waals surface area contributed by atoms with E-state index in [1.165, 1.54) is 0 Å². The van der Waals surface area contributed by atoms with Crippen molar-refractivity contribution in [3.8, 4) is 0 Å². The second-order valence-corrected chi connectivity index (χ2v) is 5.38. The van der Waals surface area contributed by atoms with Crippen LogP contribution in [-0.2, 0) is 0 Å². The molecule has 2 rings (SSSR count). The minimum Gasteiger partial charge on any atom is -0.393 e. The molecule has 0 unspecified atom stereocenters. The molecule has 1 saturated carbocycles. The van der Waals surface area contributed by atoms with Gasteiger partial charge in [-0.1, -0.05) is 0 Å². The van der Waals surface area contributed by atoms with Gasteiger partial charge in [0.05, 0.1) is 12.3 Å². The van der Waals surface area contributed by atoms with Gasteiger partial charge >= 0.3 is 0 Å². The Morgan fingerprint density at radius 1 is 1.33 bits per heavy atom. The van der Waals surface area contributed by atoms with Gasteiger partial charge < -0.3 is 15.7 Å². The predicted octanol–water partition coefficient (Wildman–Crippen LogP) is 2.39. The van der Waals surface area contributed by atoms with Gasteiger partial charge in [-0.3, -0.25) is 0 Å². The van der Waals surface area contributed by atoms with Gasteiger partial charge in [-0.05, 0) is 48.5 Å². The fraction of sp³-hybridized carbons (Fsp3) is 0.667. The summed E-state index contributed by atoms with van der Waals surface area (Å²) in [5, 5.41) is 16.1. The maximum absolute atomic E-state index is 9.50. The number of aliphatic hydroxyl groups excluding tert-OH is 1. The summed E-state index contributed by atoms with van der Waals surface area (Å²) in [6.07, 6.45) is 5.21. The van der Waals surface area contributed by atoms with Crippen molar-refractivity contribution < 1.29 is 5.11 Å². The molecule has 0 saturated heterocycles. The van der Waals surface area contributed by atoms with E-state index in [2.05, 4.69) is 36.5 Å². The zero-order chi connectivity index (χ0) is 13.0. The van der Waals surface area contributed by atoms with Crippen LogP contribution in [0.1, 0.15) is 32.6 Å². The third-order valence-electron chi connectivity index (χ3n) is 3.12. The first-order chi connectivity index (χ1) is 8.69. The predicted molar refractivity (Wildman–Crippen MR) is 75.8 cm³/mol. The Kier molecular flexibility index (Phi) is 4.77. The number of hydrogen-bond donors (Lipinski definition) is 3. The van der Waals surface area contributed by atoms with Crippen LogP contribution < -0.4 is 10.6 Å². The normalized spacial score (nSPS) is 23.7. The third kappa shape index (κ3) is 3.55. The molecular weight excluding hydrogens is 296 g/mol. The molecule has 1 heterocycles. The number of aliphatic hydroxyl groups is 1. The van der Waals surface area contributed by atoms with Crippen molar-refractivity contribution in [2.45, 2.75) is 44.8 Å². The molecule has 0 aliphatic heterocycles. The molecular formula is C12H19BrN4O. The van der Waals surface area contributed by atoms with Gasteiger partial charge in [-0.25, -0.2) is 9.97 Å². The van der Waals surface area contributed by atoms with Gasteiger partial charge in [0.25, 0.3) is 0 Å². The van der Waals surface area contributed by atoms with Crippen molar-refractivity contribution in [2.75, 3.05) is 17.2 Å². The molecule has 1 fully saturated rings. The Morgan fingerprint density at radius 2 is 2.06 bits per heavy atom. The van der Waals surface area contributed by atoms with Gasteiger partial charge in [-0.15, -0.1) is 0 Å². The fourth-order valence-corrected chi connectivity index (χ4v) is 2.46. The summed E-state index contributed by atoms with van der Waals surface area (Å²) >= 11 is 3.34. The van der Waals surface area contributed by atoms with Crippen molar-refractivity contribution in [3.63, 3.8) is 0 Å². The van der Waals surface area contributed by atoms with E-state index < -0.39 is 0 Å². The molecule has 1 aromatic rings. The highest BCUT2D eigenvalue weighted by Gasteiger charge is 2.20. The van der Waals surface area contributed by atoms with E-state index in [4.69, 9.17) is 0 Å². The quantitative estimate of drug-likeness (QED) is 0.796. The molecule has 0 amide bonds. The Labute approximate surface area is 116 Å². The zero-order valence-electron chi connectivity index (χ0n) is 10.5. The highest BCUT2D eigenvalue weighted by molar-refractivity contribution is 9.10. The summed E-state index contributed by atoms with van der Waals surface area (Å²) in [6, 6.07) is 0.370. The van der Waals surface area contributed by atoms with E-state index in [0.29, 0.717) is 6.04 Å². The van der Waals surface area contributed by atoms with Crippen LogP contribution in [0.5, 0.6) is 0 Å². The summed E-state index contributed by atoms with van der Waals surface area (Å²) in [7, 11) is 0. The van der Waals surface area contributed by atoms with Crippen molar-refractivity contribution in [3.05, 3.63) is 10.8 Å². The van der Waals surface area contributed by atoms with Crippen molar-refractivity contribution in [1.29, 1.82) is 0 Å². The van der Waals surface area contributed by atoms with E-state index in [1.807, 2.05) is 6.92 Å². The number of hydrogen-bond acceptors (Lipinski definition) is 5. The molecule has 1 aliphatic rings. The van der Waals surface area contributed by atoms with Gasteiger partial charge in [0.2, 0.25) is 0 Å². The molecule has 0 spiro atoms. The van der Waals surface area contributed by atoms with E-state index in [-0.39, 0.29) is 6.10 Å². The first-order valence-electron chi connectivity index (χ1n) is 6.40. The highest BCUT2D eigenvalue weighted by atomic mass is 79.9. The lowest BCUT2D eigenvalue weighted by Gasteiger charge is -2.27. The van der Waals surface area contributed by atoms with Crippen LogP contribution in [0.25, 0.3) is 0 Å². The number of aromatic nitrogens is 2. The average molecular weight is 315 g/mol. The molecule has 1 aromatic heterocycles. The number of rotatable bonds is 4. The molecule has 0 atom stereocenters. The minimum atomic E-state index is -0.134. The van der Waals surface area contributed by atoms with Crippen LogP contribution in [-0.4, -0.2) is 33.8 Å². The molecule has 0 radical (unpaired) electrons. The molecule has 1 aliphatic carbocycles. The Morgan fingerprint density at radius 3 is 2.72 bits per heavy atom. The van der Waals surface area contributed by atoms with E-state index in [1.54, 1.807) is 6.20 Å².